The topological polar surface area (TPSA) is 168 Å². The van der Waals surface area contributed by atoms with Crippen molar-refractivity contribution in [2.75, 3.05) is 40.2 Å². The molecule has 3 amide bonds. The van der Waals surface area contributed by atoms with Gasteiger partial charge in [-0.05, 0) is 54.9 Å². The predicted molar refractivity (Wildman–Crippen MR) is 144 cm³/mol. The van der Waals surface area contributed by atoms with Crippen molar-refractivity contribution in [2.24, 2.45) is 5.73 Å². The quantitative estimate of drug-likeness (QED) is 0.373. The lowest BCUT2D eigenvalue weighted by atomic mass is 10.0. The zero-order valence-electron chi connectivity index (χ0n) is 22.4. The normalized spacial score (nSPS) is 18.0. The van der Waals surface area contributed by atoms with Crippen LogP contribution in [0.5, 0.6) is 17.2 Å². The van der Waals surface area contributed by atoms with Crippen molar-refractivity contribution in [2.45, 2.75) is 56.7 Å². The Morgan fingerprint density at radius 2 is 1.77 bits per heavy atom. The highest BCUT2D eigenvalue weighted by molar-refractivity contribution is 7.09. The van der Waals surface area contributed by atoms with Crippen LogP contribution in [-0.4, -0.2) is 73.6 Å². The van der Waals surface area contributed by atoms with Crippen LogP contribution in [0.25, 0.3) is 0 Å². The number of nitrogens with zero attached hydrogens (tertiary/aromatic N) is 2. The van der Waals surface area contributed by atoms with Gasteiger partial charge in [-0.1, -0.05) is 12.8 Å². The van der Waals surface area contributed by atoms with Gasteiger partial charge in [0.15, 0.2) is 17.2 Å². The molecule has 1 aromatic heterocycles. The van der Waals surface area contributed by atoms with Crippen LogP contribution in [0.3, 0.4) is 0 Å². The third-order valence-electron chi connectivity index (χ3n) is 7.11. The minimum atomic E-state index is -1.10. The number of primary amides is 1. The van der Waals surface area contributed by atoms with Crippen LogP contribution >= 0.6 is 11.5 Å². The largest absolute Gasteiger partial charge is 0.493 e. The molecule has 2 atom stereocenters. The minimum Gasteiger partial charge on any atom is -0.493 e. The Hall–Kier alpha value is -3.58. The first-order valence-electron chi connectivity index (χ1n) is 12.9. The number of carbonyl (C=O) groups excluding carboxylic acids is 3. The maximum absolute atomic E-state index is 14.1. The molecule has 0 spiro atoms. The summed E-state index contributed by atoms with van der Waals surface area (Å²) in [5.41, 5.74) is 11.7. The maximum atomic E-state index is 14.1. The molecule has 1 aromatic carbocycles. The van der Waals surface area contributed by atoms with E-state index >= 15 is 0 Å². The highest BCUT2D eigenvalue weighted by Crippen LogP contribution is 2.41. The Kier molecular flexibility index (Phi) is 9.12. The molecular weight excluding hydrogens is 526 g/mol. The van der Waals surface area contributed by atoms with E-state index in [4.69, 9.17) is 30.4 Å². The number of rotatable bonds is 11. The first-order chi connectivity index (χ1) is 18.8. The van der Waals surface area contributed by atoms with Crippen molar-refractivity contribution < 1.29 is 33.3 Å². The van der Waals surface area contributed by atoms with Crippen LogP contribution in [0.1, 0.15) is 70.3 Å². The third-order valence-corrected chi connectivity index (χ3v) is 7.96. The van der Waals surface area contributed by atoms with E-state index in [-0.39, 0.29) is 40.9 Å². The van der Waals surface area contributed by atoms with E-state index in [0.29, 0.717) is 29.4 Å². The lowest BCUT2D eigenvalue weighted by molar-refractivity contribution is -0.127. The van der Waals surface area contributed by atoms with Gasteiger partial charge >= 0.3 is 0 Å². The Bertz CT molecular complexity index is 1180. The lowest BCUT2D eigenvalue weighted by Crippen LogP contribution is -2.48. The summed E-state index contributed by atoms with van der Waals surface area (Å²) < 4.78 is 26.4. The monoisotopic (exact) mass is 561 g/mol. The second-order valence-corrected chi connectivity index (χ2v) is 10.4. The van der Waals surface area contributed by atoms with Crippen molar-refractivity contribution in [3.8, 4) is 17.2 Å². The van der Waals surface area contributed by atoms with Gasteiger partial charge in [-0.3, -0.25) is 14.4 Å². The van der Waals surface area contributed by atoms with Gasteiger partial charge in [0.1, 0.15) is 10.9 Å². The molecule has 2 aliphatic rings. The molecule has 13 heteroatoms. The fourth-order valence-electron chi connectivity index (χ4n) is 5.16. The summed E-state index contributed by atoms with van der Waals surface area (Å²) in [4.78, 5) is 41.4. The van der Waals surface area contributed by atoms with E-state index in [1.807, 2.05) is 0 Å². The number of nitrogen functional groups attached to an aromatic ring is 1. The van der Waals surface area contributed by atoms with E-state index in [1.54, 1.807) is 12.1 Å². The SMILES string of the molecule is COc1cc([C@@H](C(=O)NC2CCCC2)N(C[C@@H]2CCCO2)C(=O)c2snc(C(N)=O)c2N)cc(OC)c1OC. The molecule has 39 heavy (non-hydrogen) atoms. The first-order valence-corrected chi connectivity index (χ1v) is 13.6. The summed E-state index contributed by atoms with van der Waals surface area (Å²) in [6, 6.07) is 2.20. The van der Waals surface area contributed by atoms with Gasteiger partial charge in [-0.15, -0.1) is 0 Å². The summed E-state index contributed by atoms with van der Waals surface area (Å²) in [6.07, 6.45) is 5.03. The van der Waals surface area contributed by atoms with Gasteiger partial charge in [0.05, 0.1) is 33.1 Å². The van der Waals surface area contributed by atoms with Crippen molar-refractivity contribution in [3.05, 3.63) is 28.3 Å². The van der Waals surface area contributed by atoms with Crippen molar-refractivity contribution >= 4 is 34.9 Å². The van der Waals surface area contributed by atoms with Crippen LogP contribution in [0.4, 0.5) is 5.69 Å². The average molecular weight is 562 g/mol. The number of nitrogens with one attached hydrogen (secondary N) is 1. The van der Waals surface area contributed by atoms with E-state index in [0.717, 1.165) is 50.1 Å². The smallest absolute Gasteiger partial charge is 0.270 e. The van der Waals surface area contributed by atoms with Gasteiger partial charge in [0.2, 0.25) is 11.7 Å². The van der Waals surface area contributed by atoms with Crippen molar-refractivity contribution in [1.82, 2.24) is 14.6 Å². The van der Waals surface area contributed by atoms with E-state index in [2.05, 4.69) is 9.69 Å². The molecule has 12 nitrogen and oxygen atoms in total. The fourth-order valence-corrected chi connectivity index (χ4v) is 5.92. The molecule has 0 unspecified atom stereocenters. The van der Waals surface area contributed by atoms with Crippen molar-refractivity contribution in [3.63, 3.8) is 0 Å². The first kappa shape index (κ1) is 28.4. The zero-order chi connectivity index (χ0) is 28.1. The molecule has 212 valence electrons. The standard InChI is InChI=1S/C26H35N5O7S/c1-35-17-11-14(12-18(36-2)22(17)37-3)21(25(33)29-15-7-4-5-8-15)31(13-16-9-6-10-38-16)26(34)23-19(27)20(24(28)32)30-39-23/h11-12,15-16,21H,4-10,13,27H2,1-3H3,(H2,28,32)(H,29,33)/t16-,21-/m0/s1. The summed E-state index contributed by atoms with van der Waals surface area (Å²) in [5, 5.41) is 3.13. The van der Waals surface area contributed by atoms with Crippen LogP contribution < -0.4 is 31.0 Å². The second kappa shape index (κ2) is 12.5. The molecule has 2 aromatic rings. The van der Waals surface area contributed by atoms with Crippen LogP contribution in [0.15, 0.2) is 12.1 Å². The number of benzene rings is 1. The Morgan fingerprint density at radius 1 is 1.10 bits per heavy atom. The number of anilines is 1. The van der Waals surface area contributed by atoms with Crippen LogP contribution in [0.2, 0.25) is 0 Å². The molecule has 1 saturated carbocycles. The summed E-state index contributed by atoms with van der Waals surface area (Å²) in [5.74, 6) is -0.733. The highest BCUT2D eigenvalue weighted by atomic mass is 32.1. The van der Waals surface area contributed by atoms with Crippen molar-refractivity contribution in [1.29, 1.82) is 0 Å². The van der Waals surface area contributed by atoms with E-state index in [9.17, 15) is 14.4 Å². The number of amides is 3. The minimum absolute atomic E-state index is 0.00309. The molecule has 2 fully saturated rings. The maximum Gasteiger partial charge on any atom is 0.270 e. The van der Waals surface area contributed by atoms with Gasteiger partial charge in [0.25, 0.3) is 11.8 Å². The molecule has 1 aliphatic heterocycles. The number of methoxy groups -OCH3 is 3. The predicted octanol–water partition coefficient (Wildman–Crippen LogP) is 2.27. The molecule has 2 heterocycles. The molecule has 0 bridgehead atoms. The number of nitrogens with two attached hydrogens (primary N) is 2. The molecule has 1 saturated heterocycles. The number of aromatic nitrogens is 1. The van der Waals surface area contributed by atoms with Gasteiger partial charge in [-0.2, -0.15) is 4.37 Å². The second-order valence-electron chi connectivity index (χ2n) is 9.58. The summed E-state index contributed by atoms with van der Waals surface area (Å²) in [6.45, 7) is 0.672. The third kappa shape index (κ3) is 6.04. The van der Waals surface area contributed by atoms with E-state index in [1.165, 1.54) is 26.2 Å². The molecular formula is C26H35N5O7S. The number of carbonyl (C=O) groups is 3. The zero-order valence-corrected chi connectivity index (χ0v) is 23.2. The number of ether oxygens (including phenoxy) is 4. The summed E-state index contributed by atoms with van der Waals surface area (Å²) in [7, 11) is 4.45. The summed E-state index contributed by atoms with van der Waals surface area (Å²) >= 11 is 0.769. The Labute approximate surface area is 231 Å². The van der Waals surface area contributed by atoms with Gasteiger partial charge in [0, 0.05) is 19.2 Å². The average Bonchev–Trinajstić information content (AvgIpc) is 3.70. The van der Waals surface area contributed by atoms with E-state index < -0.39 is 17.9 Å². The molecule has 5 N–H and O–H groups in total. The lowest BCUT2D eigenvalue weighted by Gasteiger charge is -2.34. The molecule has 1 aliphatic carbocycles. The van der Waals surface area contributed by atoms with Crippen LogP contribution in [0, 0.1) is 0 Å². The Morgan fingerprint density at radius 3 is 2.28 bits per heavy atom. The fraction of sp³-hybridized carbons (Fsp3) is 0.538. The molecule has 0 radical (unpaired) electrons. The number of hydrogen-bond donors (Lipinski definition) is 3. The van der Waals surface area contributed by atoms with Gasteiger partial charge in [-0.25, -0.2) is 0 Å². The molecule has 4 rings (SSSR count). The number of hydrogen-bond acceptors (Lipinski definition) is 10. The van der Waals surface area contributed by atoms with Crippen LogP contribution in [-0.2, 0) is 9.53 Å². The Balaban J connectivity index is 1.84. The highest BCUT2D eigenvalue weighted by Gasteiger charge is 2.38. The van der Waals surface area contributed by atoms with Gasteiger partial charge < -0.3 is 40.6 Å².